The first-order valence-corrected chi connectivity index (χ1v) is 7.08. The molecule has 0 spiro atoms. The van der Waals surface area contributed by atoms with Crippen molar-refractivity contribution in [2.45, 2.75) is 25.8 Å². The molecular weight excluding hydrogens is 250 g/mol. The minimum absolute atomic E-state index is 0.190. The van der Waals surface area contributed by atoms with Crippen LogP contribution in [0.15, 0.2) is 36.9 Å². The molecule has 0 unspecified atom stereocenters. The van der Waals surface area contributed by atoms with Crippen molar-refractivity contribution in [1.82, 2.24) is 14.5 Å². The molecule has 1 fully saturated rings. The second-order valence-electron chi connectivity index (χ2n) is 5.19. The number of amides is 1. The number of rotatable bonds is 4. The number of benzene rings is 1. The molecule has 4 heteroatoms. The molecule has 104 valence electrons. The number of nitrogens with zero attached hydrogens (tertiary/aromatic N) is 3. The van der Waals surface area contributed by atoms with E-state index in [9.17, 15) is 4.79 Å². The fourth-order valence-corrected chi connectivity index (χ4v) is 3.02. The van der Waals surface area contributed by atoms with Crippen LogP contribution in [0.1, 0.15) is 25.1 Å². The largest absolute Gasteiger partial charge is 0.338 e. The molecule has 1 aromatic carbocycles. The number of fused-ring (bicyclic) bond motifs is 1. The fourth-order valence-electron chi connectivity index (χ4n) is 3.02. The number of carbonyl (C=O) groups is 1. The van der Waals surface area contributed by atoms with Crippen LogP contribution >= 0.6 is 0 Å². The van der Waals surface area contributed by atoms with E-state index < -0.39 is 0 Å². The zero-order valence-electron chi connectivity index (χ0n) is 11.7. The zero-order chi connectivity index (χ0) is 14.1. The van der Waals surface area contributed by atoms with E-state index in [2.05, 4.69) is 24.1 Å². The van der Waals surface area contributed by atoms with Gasteiger partial charge in [0.1, 0.15) is 5.82 Å². The average Bonchev–Trinajstić information content (AvgIpc) is 3.00. The van der Waals surface area contributed by atoms with E-state index >= 15 is 0 Å². The molecule has 0 radical (unpaired) electrons. The third kappa shape index (κ3) is 2.01. The van der Waals surface area contributed by atoms with Crippen LogP contribution in [-0.4, -0.2) is 33.4 Å². The van der Waals surface area contributed by atoms with E-state index in [0.717, 1.165) is 29.9 Å². The number of aromatic nitrogens is 2. The van der Waals surface area contributed by atoms with Crippen LogP contribution in [0.25, 0.3) is 11.0 Å². The first-order valence-electron chi connectivity index (χ1n) is 7.08. The standard InChI is InChI=1S/C16H19N3O/c1-3-9-18-11-12(10-15(18)20)16-17-13-7-5-6-8-14(13)19(16)4-2/h3,5-8,12H,1,4,9-11H2,2H3/t12-/m1/s1. The summed E-state index contributed by atoms with van der Waals surface area (Å²) in [5, 5.41) is 0. The summed E-state index contributed by atoms with van der Waals surface area (Å²) in [6.45, 7) is 8.08. The Labute approximate surface area is 118 Å². The normalized spacial score (nSPS) is 18.9. The van der Waals surface area contributed by atoms with E-state index in [1.165, 1.54) is 0 Å². The van der Waals surface area contributed by atoms with E-state index in [-0.39, 0.29) is 11.8 Å². The molecule has 20 heavy (non-hydrogen) atoms. The minimum Gasteiger partial charge on any atom is -0.338 e. The summed E-state index contributed by atoms with van der Waals surface area (Å²) in [6, 6.07) is 8.16. The van der Waals surface area contributed by atoms with Crippen LogP contribution in [0.3, 0.4) is 0 Å². The lowest BCUT2D eigenvalue weighted by atomic mass is 10.1. The van der Waals surface area contributed by atoms with Crippen molar-refractivity contribution >= 4 is 16.9 Å². The molecule has 0 N–H and O–H groups in total. The Kier molecular flexibility index (Phi) is 3.30. The molecule has 0 saturated carbocycles. The molecule has 0 bridgehead atoms. The van der Waals surface area contributed by atoms with Crippen molar-refractivity contribution < 1.29 is 4.79 Å². The first-order chi connectivity index (χ1) is 9.74. The quantitative estimate of drug-likeness (QED) is 0.800. The Hall–Kier alpha value is -2.10. The molecule has 0 aliphatic carbocycles. The van der Waals surface area contributed by atoms with Gasteiger partial charge in [-0.2, -0.15) is 0 Å². The van der Waals surface area contributed by atoms with Gasteiger partial charge in [-0.25, -0.2) is 4.98 Å². The molecule has 1 aliphatic rings. The zero-order valence-corrected chi connectivity index (χ0v) is 11.7. The first kappa shape index (κ1) is 12.9. The molecule has 1 atom stereocenters. The summed E-state index contributed by atoms with van der Waals surface area (Å²) >= 11 is 0. The van der Waals surface area contributed by atoms with Gasteiger partial charge in [-0.05, 0) is 19.1 Å². The Morgan fingerprint density at radius 1 is 1.45 bits per heavy atom. The maximum Gasteiger partial charge on any atom is 0.223 e. The summed E-state index contributed by atoms with van der Waals surface area (Å²) in [5.74, 6) is 1.42. The number of hydrogen-bond donors (Lipinski definition) is 0. The predicted molar refractivity (Wildman–Crippen MR) is 79.5 cm³/mol. The van der Waals surface area contributed by atoms with Gasteiger partial charge in [0.15, 0.2) is 0 Å². The van der Waals surface area contributed by atoms with Crippen LogP contribution in [0.5, 0.6) is 0 Å². The molecule has 1 aromatic heterocycles. The molecule has 1 amide bonds. The Morgan fingerprint density at radius 3 is 3.00 bits per heavy atom. The van der Waals surface area contributed by atoms with Crippen LogP contribution in [-0.2, 0) is 11.3 Å². The smallest absolute Gasteiger partial charge is 0.223 e. The van der Waals surface area contributed by atoms with Gasteiger partial charge in [0, 0.05) is 32.0 Å². The molecule has 4 nitrogen and oxygen atoms in total. The highest BCUT2D eigenvalue weighted by Crippen LogP contribution is 2.30. The van der Waals surface area contributed by atoms with Crippen LogP contribution in [0.4, 0.5) is 0 Å². The highest BCUT2D eigenvalue weighted by molar-refractivity contribution is 5.81. The maximum atomic E-state index is 12.0. The summed E-state index contributed by atoms with van der Waals surface area (Å²) < 4.78 is 2.23. The lowest BCUT2D eigenvalue weighted by Gasteiger charge is -2.14. The number of aryl methyl sites for hydroxylation is 1. The monoisotopic (exact) mass is 269 g/mol. The van der Waals surface area contributed by atoms with E-state index in [0.29, 0.717) is 13.0 Å². The Balaban J connectivity index is 1.98. The van der Waals surface area contributed by atoms with E-state index in [4.69, 9.17) is 4.98 Å². The number of hydrogen-bond acceptors (Lipinski definition) is 2. The lowest BCUT2D eigenvalue weighted by molar-refractivity contribution is -0.127. The second-order valence-corrected chi connectivity index (χ2v) is 5.19. The van der Waals surface area contributed by atoms with Crippen LogP contribution < -0.4 is 0 Å². The van der Waals surface area contributed by atoms with Crippen LogP contribution in [0, 0.1) is 0 Å². The van der Waals surface area contributed by atoms with Crippen molar-refractivity contribution in [2.75, 3.05) is 13.1 Å². The molecule has 1 saturated heterocycles. The number of para-hydroxylation sites is 2. The minimum atomic E-state index is 0.190. The summed E-state index contributed by atoms with van der Waals surface area (Å²) in [4.78, 5) is 18.6. The van der Waals surface area contributed by atoms with Gasteiger partial charge < -0.3 is 9.47 Å². The third-order valence-corrected chi connectivity index (χ3v) is 3.93. The number of likely N-dealkylation sites (tertiary alicyclic amines) is 1. The van der Waals surface area contributed by atoms with Gasteiger partial charge in [0.2, 0.25) is 5.91 Å². The summed E-state index contributed by atoms with van der Waals surface area (Å²) in [6.07, 6.45) is 2.33. The Bertz CT molecular complexity index is 659. The van der Waals surface area contributed by atoms with Crippen molar-refractivity contribution in [3.05, 3.63) is 42.7 Å². The van der Waals surface area contributed by atoms with Gasteiger partial charge in [-0.15, -0.1) is 6.58 Å². The lowest BCUT2D eigenvalue weighted by Crippen LogP contribution is -2.25. The number of carbonyl (C=O) groups excluding carboxylic acids is 1. The molecule has 1 aliphatic heterocycles. The van der Waals surface area contributed by atoms with Crippen molar-refractivity contribution in [3.63, 3.8) is 0 Å². The van der Waals surface area contributed by atoms with E-state index in [1.54, 1.807) is 6.08 Å². The van der Waals surface area contributed by atoms with Gasteiger partial charge in [-0.3, -0.25) is 4.79 Å². The van der Waals surface area contributed by atoms with Crippen molar-refractivity contribution in [2.24, 2.45) is 0 Å². The second kappa shape index (κ2) is 5.12. The van der Waals surface area contributed by atoms with E-state index in [1.807, 2.05) is 23.1 Å². The molecule has 2 aromatic rings. The fraction of sp³-hybridized carbons (Fsp3) is 0.375. The van der Waals surface area contributed by atoms with Gasteiger partial charge in [-0.1, -0.05) is 18.2 Å². The van der Waals surface area contributed by atoms with Crippen LogP contribution in [0.2, 0.25) is 0 Å². The summed E-state index contributed by atoms with van der Waals surface area (Å²) in [7, 11) is 0. The SMILES string of the molecule is C=CCN1C[C@H](c2nc3ccccc3n2CC)CC1=O. The maximum absolute atomic E-state index is 12.0. The van der Waals surface area contributed by atoms with Gasteiger partial charge in [0.05, 0.1) is 11.0 Å². The topological polar surface area (TPSA) is 38.1 Å². The van der Waals surface area contributed by atoms with Gasteiger partial charge >= 0.3 is 0 Å². The highest BCUT2D eigenvalue weighted by atomic mass is 16.2. The predicted octanol–water partition coefficient (Wildman–Crippen LogP) is 2.56. The highest BCUT2D eigenvalue weighted by Gasteiger charge is 2.32. The van der Waals surface area contributed by atoms with Gasteiger partial charge in [0.25, 0.3) is 0 Å². The molecule has 2 heterocycles. The molecular formula is C16H19N3O. The third-order valence-electron chi connectivity index (χ3n) is 3.93. The summed E-state index contributed by atoms with van der Waals surface area (Å²) in [5.41, 5.74) is 2.17. The number of imidazole rings is 1. The molecule has 3 rings (SSSR count). The average molecular weight is 269 g/mol. The van der Waals surface area contributed by atoms with Crippen molar-refractivity contribution in [3.8, 4) is 0 Å². The van der Waals surface area contributed by atoms with Crippen molar-refractivity contribution in [1.29, 1.82) is 0 Å². The Morgan fingerprint density at radius 2 is 2.25 bits per heavy atom.